The van der Waals surface area contributed by atoms with Crippen molar-refractivity contribution in [3.05, 3.63) is 35.9 Å². The van der Waals surface area contributed by atoms with E-state index in [1.807, 2.05) is 24.3 Å². The second kappa shape index (κ2) is 7.59. The number of aromatic nitrogens is 4. The van der Waals surface area contributed by atoms with Gasteiger partial charge >= 0.3 is 0 Å². The fraction of sp³-hybridized carbons (Fsp3) is 0.611. The molecule has 0 aliphatic carbocycles. The number of nitrogens with one attached hydrogen (secondary N) is 1. The molecule has 2 fully saturated rings. The molecular formula is C18H26N6O2. The fourth-order valence-corrected chi connectivity index (χ4v) is 4.03. The Kier molecular flexibility index (Phi) is 5.03. The number of piperidine rings is 1. The first-order chi connectivity index (χ1) is 12.7. The minimum atomic E-state index is -0.137. The number of rotatable bonds is 4. The van der Waals surface area contributed by atoms with Crippen LogP contribution in [-0.4, -0.2) is 74.6 Å². The summed E-state index contributed by atoms with van der Waals surface area (Å²) in [5.74, 6) is -0.0143. The average molecular weight is 358 g/mol. The van der Waals surface area contributed by atoms with Crippen molar-refractivity contribution in [3.8, 4) is 0 Å². The standard InChI is InChI=1S/C18H26N6O2/c1-22-12-15(11-21-22)17-16(13-23-5-3-2-4-6-23)26-8-7-24(17)18(25)14-9-19-20-10-14/h9-12,16-17H,2-8,13H2,1H3,(H,19,20)/t16-,17-/m0/s1. The summed E-state index contributed by atoms with van der Waals surface area (Å²) in [4.78, 5) is 17.4. The molecule has 4 rings (SSSR count). The van der Waals surface area contributed by atoms with E-state index in [1.165, 1.54) is 19.3 Å². The number of likely N-dealkylation sites (tertiary alicyclic amines) is 1. The highest BCUT2D eigenvalue weighted by atomic mass is 16.5. The van der Waals surface area contributed by atoms with Gasteiger partial charge in [-0.3, -0.25) is 14.6 Å². The topological polar surface area (TPSA) is 79.3 Å². The first-order valence-electron chi connectivity index (χ1n) is 9.34. The summed E-state index contributed by atoms with van der Waals surface area (Å²) in [6.45, 7) is 4.18. The van der Waals surface area contributed by atoms with Gasteiger partial charge in [-0.05, 0) is 25.9 Å². The monoisotopic (exact) mass is 358 g/mol. The molecule has 0 aromatic carbocycles. The number of nitrogens with zero attached hydrogens (tertiary/aromatic N) is 5. The maximum Gasteiger partial charge on any atom is 0.257 e. The predicted octanol–water partition coefficient (Wildman–Crippen LogP) is 1.21. The number of aryl methyl sites for hydroxylation is 1. The highest BCUT2D eigenvalue weighted by Crippen LogP contribution is 2.31. The highest BCUT2D eigenvalue weighted by Gasteiger charge is 2.38. The number of hydrogen-bond acceptors (Lipinski definition) is 5. The minimum absolute atomic E-state index is 0.0143. The van der Waals surface area contributed by atoms with Crippen molar-refractivity contribution in [2.24, 2.45) is 7.05 Å². The number of ether oxygens (including phenoxy) is 1. The van der Waals surface area contributed by atoms with Crippen LogP contribution < -0.4 is 0 Å². The van der Waals surface area contributed by atoms with Crippen LogP contribution in [-0.2, 0) is 11.8 Å². The normalized spacial score (nSPS) is 24.7. The lowest BCUT2D eigenvalue weighted by atomic mass is 9.98. The van der Waals surface area contributed by atoms with E-state index in [0.29, 0.717) is 18.7 Å². The van der Waals surface area contributed by atoms with Crippen molar-refractivity contribution in [1.82, 2.24) is 29.8 Å². The lowest BCUT2D eigenvalue weighted by Gasteiger charge is -2.43. The van der Waals surface area contributed by atoms with E-state index in [1.54, 1.807) is 17.1 Å². The van der Waals surface area contributed by atoms with E-state index in [0.717, 1.165) is 25.2 Å². The summed E-state index contributed by atoms with van der Waals surface area (Å²) in [7, 11) is 1.90. The summed E-state index contributed by atoms with van der Waals surface area (Å²) in [5, 5.41) is 11.0. The molecule has 4 heterocycles. The Hall–Kier alpha value is -2.19. The van der Waals surface area contributed by atoms with Gasteiger partial charge in [0, 0.05) is 38.1 Å². The molecule has 2 aliphatic heterocycles. The van der Waals surface area contributed by atoms with E-state index in [2.05, 4.69) is 20.2 Å². The molecule has 2 aromatic heterocycles. The van der Waals surface area contributed by atoms with Crippen LogP contribution in [0.3, 0.4) is 0 Å². The third-order valence-corrected chi connectivity index (χ3v) is 5.31. The predicted molar refractivity (Wildman–Crippen MR) is 95.6 cm³/mol. The van der Waals surface area contributed by atoms with Gasteiger partial charge in [0.25, 0.3) is 5.91 Å². The van der Waals surface area contributed by atoms with Crippen molar-refractivity contribution < 1.29 is 9.53 Å². The molecule has 8 nitrogen and oxygen atoms in total. The summed E-state index contributed by atoms with van der Waals surface area (Å²) in [5.41, 5.74) is 1.60. The Balaban J connectivity index is 1.60. The fourth-order valence-electron chi connectivity index (χ4n) is 4.03. The molecule has 0 radical (unpaired) electrons. The Bertz CT molecular complexity index is 722. The average Bonchev–Trinajstić information content (AvgIpc) is 3.34. The molecule has 0 saturated carbocycles. The Labute approximate surface area is 153 Å². The maximum absolute atomic E-state index is 13.1. The van der Waals surface area contributed by atoms with Crippen molar-refractivity contribution in [1.29, 1.82) is 0 Å². The molecule has 2 aliphatic rings. The first kappa shape index (κ1) is 17.2. The van der Waals surface area contributed by atoms with Gasteiger partial charge in [0.2, 0.25) is 0 Å². The second-order valence-electron chi connectivity index (χ2n) is 7.15. The van der Waals surface area contributed by atoms with E-state index in [9.17, 15) is 4.79 Å². The zero-order valence-corrected chi connectivity index (χ0v) is 15.2. The summed E-state index contributed by atoms with van der Waals surface area (Å²) in [6, 6.07) is -0.137. The van der Waals surface area contributed by atoms with Gasteiger partial charge in [-0.15, -0.1) is 0 Å². The first-order valence-corrected chi connectivity index (χ1v) is 9.34. The van der Waals surface area contributed by atoms with Crippen molar-refractivity contribution in [2.75, 3.05) is 32.8 Å². The Morgan fingerprint density at radius 3 is 2.81 bits per heavy atom. The molecule has 26 heavy (non-hydrogen) atoms. The van der Waals surface area contributed by atoms with E-state index >= 15 is 0 Å². The van der Waals surface area contributed by atoms with Crippen LogP contribution in [0.15, 0.2) is 24.8 Å². The maximum atomic E-state index is 13.1. The minimum Gasteiger partial charge on any atom is -0.373 e. The lowest BCUT2D eigenvalue weighted by Crippen LogP contribution is -2.52. The second-order valence-corrected chi connectivity index (χ2v) is 7.15. The summed E-state index contributed by atoms with van der Waals surface area (Å²) < 4.78 is 7.94. The summed E-state index contributed by atoms with van der Waals surface area (Å²) in [6.07, 6.45) is 10.8. The largest absolute Gasteiger partial charge is 0.373 e. The third kappa shape index (κ3) is 3.52. The number of carbonyl (C=O) groups excluding carboxylic acids is 1. The molecule has 8 heteroatoms. The van der Waals surface area contributed by atoms with Crippen LogP contribution in [0.1, 0.15) is 41.2 Å². The molecule has 2 atom stereocenters. The van der Waals surface area contributed by atoms with Gasteiger partial charge in [-0.25, -0.2) is 0 Å². The van der Waals surface area contributed by atoms with Crippen LogP contribution in [0.2, 0.25) is 0 Å². The molecule has 0 unspecified atom stereocenters. The number of morpholine rings is 1. The van der Waals surface area contributed by atoms with Gasteiger partial charge in [-0.1, -0.05) is 6.42 Å². The quantitative estimate of drug-likeness (QED) is 0.889. The molecular weight excluding hydrogens is 332 g/mol. The molecule has 2 aromatic rings. The zero-order valence-electron chi connectivity index (χ0n) is 15.2. The van der Waals surface area contributed by atoms with Crippen molar-refractivity contribution in [2.45, 2.75) is 31.4 Å². The highest BCUT2D eigenvalue weighted by molar-refractivity contribution is 5.94. The third-order valence-electron chi connectivity index (χ3n) is 5.31. The van der Waals surface area contributed by atoms with E-state index in [-0.39, 0.29) is 18.1 Å². The molecule has 1 N–H and O–H groups in total. The van der Waals surface area contributed by atoms with Gasteiger partial charge in [-0.2, -0.15) is 10.2 Å². The smallest absolute Gasteiger partial charge is 0.257 e. The lowest BCUT2D eigenvalue weighted by molar-refractivity contribution is -0.0741. The number of hydrogen-bond donors (Lipinski definition) is 1. The van der Waals surface area contributed by atoms with Gasteiger partial charge in [0.1, 0.15) is 0 Å². The van der Waals surface area contributed by atoms with Gasteiger partial charge < -0.3 is 14.5 Å². The van der Waals surface area contributed by atoms with Crippen LogP contribution in [0, 0.1) is 0 Å². The molecule has 1 amide bonds. The van der Waals surface area contributed by atoms with E-state index in [4.69, 9.17) is 4.74 Å². The van der Waals surface area contributed by atoms with Gasteiger partial charge in [0.05, 0.1) is 36.7 Å². The van der Waals surface area contributed by atoms with Crippen LogP contribution in [0.4, 0.5) is 0 Å². The number of H-pyrrole nitrogens is 1. The number of carbonyl (C=O) groups is 1. The van der Waals surface area contributed by atoms with Crippen molar-refractivity contribution in [3.63, 3.8) is 0 Å². The Morgan fingerprint density at radius 1 is 1.27 bits per heavy atom. The number of aromatic amines is 1. The number of amides is 1. The Morgan fingerprint density at radius 2 is 2.12 bits per heavy atom. The van der Waals surface area contributed by atoms with Crippen LogP contribution >= 0.6 is 0 Å². The summed E-state index contributed by atoms with van der Waals surface area (Å²) >= 11 is 0. The van der Waals surface area contributed by atoms with Crippen LogP contribution in [0.5, 0.6) is 0 Å². The van der Waals surface area contributed by atoms with Gasteiger partial charge in [0.15, 0.2) is 0 Å². The molecule has 0 spiro atoms. The van der Waals surface area contributed by atoms with E-state index < -0.39 is 0 Å². The van der Waals surface area contributed by atoms with Crippen LogP contribution in [0.25, 0.3) is 0 Å². The molecule has 0 bridgehead atoms. The SMILES string of the molecule is Cn1cc([C@H]2[C@H](CN3CCCCC3)OCCN2C(=O)c2cn[nH]c2)cn1. The molecule has 2 saturated heterocycles. The van der Waals surface area contributed by atoms with Crippen molar-refractivity contribution >= 4 is 5.91 Å². The zero-order chi connectivity index (χ0) is 17.9. The molecule has 140 valence electrons.